The van der Waals surface area contributed by atoms with Gasteiger partial charge in [-0.25, -0.2) is 0 Å². The summed E-state index contributed by atoms with van der Waals surface area (Å²) in [6.07, 6.45) is 2.29. The highest BCUT2D eigenvalue weighted by molar-refractivity contribution is 5.31. The number of aliphatic hydroxyl groups excluding tert-OH is 1. The number of aromatic nitrogens is 1. The van der Waals surface area contributed by atoms with E-state index in [1.165, 1.54) is 11.1 Å². The minimum absolute atomic E-state index is 0.213. The summed E-state index contributed by atoms with van der Waals surface area (Å²) in [6, 6.07) is 12.4. The van der Waals surface area contributed by atoms with Crippen molar-refractivity contribution >= 4 is 0 Å². The fraction of sp³-hybridized carbons (Fsp3) is 0.389. The Morgan fingerprint density at radius 2 is 2.18 bits per heavy atom. The fourth-order valence-electron chi connectivity index (χ4n) is 3.15. The molecule has 2 aromatic rings. The maximum Gasteiger partial charge on any atom is 0.119 e. The lowest BCUT2D eigenvalue weighted by Gasteiger charge is -2.25. The molecule has 0 unspecified atom stereocenters. The Morgan fingerprint density at radius 3 is 2.95 bits per heavy atom. The average Bonchev–Trinajstić information content (AvgIpc) is 2.90. The summed E-state index contributed by atoms with van der Waals surface area (Å²) in [5.74, 6) is 0.858. The molecule has 1 saturated heterocycles. The van der Waals surface area contributed by atoms with Gasteiger partial charge in [-0.1, -0.05) is 18.2 Å². The molecule has 1 aliphatic heterocycles. The van der Waals surface area contributed by atoms with Crippen molar-refractivity contribution in [3.8, 4) is 5.75 Å². The second-order valence-corrected chi connectivity index (χ2v) is 5.86. The maximum atomic E-state index is 10.1. The minimum Gasteiger partial charge on any atom is -0.497 e. The van der Waals surface area contributed by atoms with Crippen LogP contribution < -0.4 is 4.74 Å². The van der Waals surface area contributed by atoms with E-state index in [-0.39, 0.29) is 12.1 Å². The normalized spacial score (nSPS) is 22.0. The Hall–Kier alpha value is -1.91. The molecule has 0 spiro atoms. The molecule has 0 aliphatic carbocycles. The SMILES string of the molecule is COc1cccc([C@H]2C[C@@H](O)CN2Cc2cccnc2C)c1. The minimum atomic E-state index is -0.284. The van der Waals surface area contributed by atoms with Crippen LogP contribution in [0.15, 0.2) is 42.6 Å². The first-order chi connectivity index (χ1) is 10.7. The van der Waals surface area contributed by atoms with E-state index in [2.05, 4.69) is 28.1 Å². The van der Waals surface area contributed by atoms with Crippen molar-refractivity contribution in [2.75, 3.05) is 13.7 Å². The van der Waals surface area contributed by atoms with E-state index in [9.17, 15) is 5.11 Å². The molecule has 0 amide bonds. The molecule has 1 aromatic heterocycles. The molecule has 0 saturated carbocycles. The Balaban J connectivity index is 1.84. The van der Waals surface area contributed by atoms with Gasteiger partial charge in [0, 0.05) is 31.0 Å². The zero-order valence-electron chi connectivity index (χ0n) is 13.1. The van der Waals surface area contributed by atoms with Crippen LogP contribution in [-0.2, 0) is 6.54 Å². The summed E-state index contributed by atoms with van der Waals surface area (Å²) in [5, 5.41) is 10.1. The lowest BCUT2D eigenvalue weighted by atomic mass is 10.0. The van der Waals surface area contributed by atoms with Gasteiger partial charge in [0.1, 0.15) is 5.75 Å². The molecule has 0 bridgehead atoms. The number of aryl methyl sites for hydroxylation is 1. The molecule has 1 aromatic carbocycles. The van der Waals surface area contributed by atoms with Gasteiger partial charge in [0.25, 0.3) is 0 Å². The van der Waals surface area contributed by atoms with Gasteiger partial charge in [0.05, 0.1) is 13.2 Å². The maximum absolute atomic E-state index is 10.1. The summed E-state index contributed by atoms with van der Waals surface area (Å²) in [5.41, 5.74) is 3.45. The largest absolute Gasteiger partial charge is 0.497 e. The van der Waals surface area contributed by atoms with E-state index >= 15 is 0 Å². The van der Waals surface area contributed by atoms with Crippen LogP contribution in [0.4, 0.5) is 0 Å². The highest BCUT2D eigenvalue weighted by Gasteiger charge is 2.32. The van der Waals surface area contributed by atoms with E-state index in [0.29, 0.717) is 6.54 Å². The van der Waals surface area contributed by atoms with Crippen LogP contribution in [0.5, 0.6) is 5.75 Å². The van der Waals surface area contributed by atoms with Crippen molar-refractivity contribution in [2.24, 2.45) is 0 Å². The third kappa shape index (κ3) is 3.13. The number of rotatable bonds is 4. The average molecular weight is 298 g/mol. The molecule has 4 heteroatoms. The second kappa shape index (κ2) is 6.46. The lowest BCUT2D eigenvalue weighted by Crippen LogP contribution is -2.24. The summed E-state index contributed by atoms with van der Waals surface area (Å²) < 4.78 is 5.32. The third-order valence-electron chi connectivity index (χ3n) is 4.35. The zero-order valence-corrected chi connectivity index (χ0v) is 13.1. The molecule has 1 N–H and O–H groups in total. The van der Waals surface area contributed by atoms with Gasteiger partial charge in [-0.15, -0.1) is 0 Å². The van der Waals surface area contributed by atoms with Crippen LogP contribution >= 0.6 is 0 Å². The molecule has 1 fully saturated rings. The Morgan fingerprint density at radius 1 is 1.32 bits per heavy atom. The molecule has 2 heterocycles. The zero-order chi connectivity index (χ0) is 15.5. The summed E-state index contributed by atoms with van der Waals surface area (Å²) in [7, 11) is 1.68. The molecule has 2 atom stereocenters. The number of likely N-dealkylation sites (tertiary alicyclic amines) is 1. The number of hydrogen-bond acceptors (Lipinski definition) is 4. The van der Waals surface area contributed by atoms with Crippen LogP contribution in [0.3, 0.4) is 0 Å². The monoisotopic (exact) mass is 298 g/mol. The van der Waals surface area contributed by atoms with Crippen LogP contribution in [0.1, 0.15) is 29.3 Å². The van der Waals surface area contributed by atoms with E-state index < -0.39 is 0 Å². The van der Waals surface area contributed by atoms with E-state index in [1.807, 2.05) is 31.3 Å². The van der Waals surface area contributed by atoms with Crippen molar-refractivity contribution in [1.82, 2.24) is 9.88 Å². The molecule has 4 nitrogen and oxygen atoms in total. The first kappa shape index (κ1) is 15.0. The summed E-state index contributed by atoms with van der Waals surface area (Å²) in [4.78, 5) is 6.68. The standard InChI is InChI=1S/C18H22N2O2/c1-13-15(6-4-8-19-13)11-20-12-16(21)10-18(20)14-5-3-7-17(9-14)22-2/h3-9,16,18,21H,10-12H2,1-2H3/t16-,18-/m1/s1. The lowest BCUT2D eigenvalue weighted by molar-refractivity contribution is 0.172. The molecule has 3 rings (SSSR count). The Bertz CT molecular complexity index is 644. The predicted octanol–water partition coefficient (Wildman–Crippen LogP) is 2.71. The number of benzene rings is 1. The fourth-order valence-corrected chi connectivity index (χ4v) is 3.15. The number of hydrogen-bond donors (Lipinski definition) is 1. The molecular weight excluding hydrogens is 276 g/mol. The first-order valence-electron chi connectivity index (χ1n) is 7.64. The van der Waals surface area contributed by atoms with Gasteiger partial charge in [0.15, 0.2) is 0 Å². The highest BCUT2D eigenvalue weighted by Crippen LogP contribution is 2.34. The van der Waals surface area contributed by atoms with E-state index in [4.69, 9.17) is 4.74 Å². The van der Waals surface area contributed by atoms with Crippen LogP contribution in [-0.4, -0.2) is 34.7 Å². The van der Waals surface area contributed by atoms with Crippen LogP contribution in [0, 0.1) is 6.92 Å². The van der Waals surface area contributed by atoms with Crippen molar-refractivity contribution < 1.29 is 9.84 Å². The predicted molar refractivity (Wildman–Crippen MR) is 85.7 cm³/mol. The Kier molecular flexibility index (Phi) is 4.41. The van der Waals surface area contributed by atoms with Gasteiger partial charge in [-0.2, -0.15) is 0 Å². The van der Waals surface area contributed by atoms with Crippen molar-refractivity contribution in [1.29, 1.82) is 0 Å². The second-order valence-electron chi connectivity index (χ2n) is 5.86. The van der Waals surface area contributed by atoms with Gasteiger partial charge in [-0.3, -0.25) is 9.88 Å². The van der Waals surface area contributed by atoms with Crippen molar-refractivity contribution in [3.05, 3.63) is 59.4 Å². The summed E-state index contributed by atoms with van der Waals surface area (Å²) >= 11 is 0. The number of ether oxygens (including phenoxy) is 1. The van der Waals surface area contributed by atoms with Crippen molar-refractivity contribution in [2.45, 2.75) is 32.0 Å². The number of methoxy groups -OCH3 is 1. The van der Waals surface area contributed by atoms with E-state index in [1.54, 1.807) is 7.11 Å². The van der Waals surface area contributed by atoms with Crippen LogP contribution in [0.25, 0.3) is 0 Å². The van der Waals surface area contributed by atoms with Gasteiger partial charge < -0.3 is 9.84 Å². The van der Waals surface area contributed by atoms with Crippen LogP contribution in [0.2, 0.25) is 0 Å². The van der Waals surface area contributed by atoms with E-state index in [0.717, 1.165) is 24.4 Å². The molecular formula is C18H22N2O2. The first-order valence-corrected chi connectivity index (χ1v) is 7.64. The molecule has 22 heavy (non-hydrogen) atoms. The molecule has 1 aliphatic rings. The smallest absolute Gasteiger partial charge is 0.119 e. The number of nitrogens with zero attached hydrogens (tertiary/aromatic N) is 2. The molecule has 116 valence electrons. The number of aliphatic hydroxyl groups is 1. The number of pyridine rings is 1. The molecule has 0 radical (unpaired) electrons. The number of β-amino-alcohol motifs (C(OH)–C–C–N with tert-alkyl or cyclic N) is 1. The van der Waals surface area contributed by atoms with Gasteiger partial charge in [-0.05, 0) is 42.7 Å². The van der Waals surface area contributed by atoms with Gasteiger partial charge >= 0.3 is 0 Å². The summed E-state index contributed by atoms with van der Waals surface area (Å²) in [6.45, 7) is 3.53. The topological polar surface area (TPSA) is 45.6 Å². The van der Waals surface area contributed by atoms with Crippen molar-refractivity contribution in [3.63, 3.8) is 0 Å². The highest BCUT2D eigenvalue weighted by atomic mass is 16.5. The Labute approximate surface area is 131 Å². The quantitative estimate of drug-likeness (QED) is 0.942. The van der Waals surface area contributed by atoms with Gasteiger partial charge in [0.2, 0.25) is 0 Å². The third-order valence-corrected chi connectivity index (χ3v) is 4.35.